The predicted molar refractivity (Wildman–Crippen MR) is 107 cm³/mol. The van der Waals surface area contributed by atoms with Gasteiger partial charge in [0.2, 0.25) is 10.0 Å². The Morgan fingerprint density at radius 2 is 1.93 bits per heavy atom. The fourth-order valence-corrected chi connectivity index (χ4v) is 5.39. The molecule has 1 N–H and O–H groups in total. The van der Waals surface area contributed by atoms with E-state index in [1.54, 1.807) is 30.6 Å². The summed E-state index contributed by atoms with van der Waals surface area (Å²) in [5.74, 6) is 0.721. The zero-order chi connectivity index (χ0) is 19.4. The highest BCUT2D eigenvalue weighted by atomic mass is 32.2. The molecule has 0 aliphatic carbocycles. The number of methoxy groups -OCH3 is 1. The van der Waals surface area contributed by atoms with E-state index in [2.05, 4.69) is 21.1 Å². The minimum absolute atomic E-state index is 0.00429. The molecule has 1 saturated heterocycles. The van der Waals surface area contributed by atoms with E-state index in [-0.39, 0.29) is 10.9 Å². The van der Waals surface area contributed by atoms with Crippen LogP contribution in [0.25, 0.3) is 0 Å². The molecule has 6 nitrogen and oxygen atoms in total. The van der Waals surface area contributed by atoms with Gasteiger partial charge in [-0.1, -0.05) is 0 Å². The number of morpholine rings is 1. The third kappa shape index (κ3) is 4.70. The van der Waals surface area contributed by atoms with Gasteiger partial charge >= 0.3 is 0 Å². The Morgan fingerprint density at radius 3 is 2.48 bits per heavy atom. The molecule has 1 aromatic heterocycles. The van der Waals surface area contributed by atoms with E-state index < -0.39 is 10.0 Å². The van der Waals surface area contributed by atoms with Crippen molar-refractivity contribution in [1.29, 1.82) is 0 Å². The van der Waals surface area contributed by atoms with Crippen LogP contribution in [-0.2, 0) is 14.8 Å². The number of aryl methyl sites for hydroxylation is 2. The van der Waals surface area contributed by atoms with E-state index >= 15 is 0 Å². The molecule has 2 heterocycles. The number of nitrogens with one attached hydrogen (secondary N) is 1. The summed E-state index contributed by atoms with van der Waals surface area (Å²) in [6.07, 6.45) is 0. The third-order valence-corrected chi connectivity index (χ3v) is 6.93. The van der Waals surface area contributed by atoms with Crippen LogP contribution in [0.3, 0.4) is 0 Å². The normalized spacial score (nSPS) is 17.0. The number of nitrogens with zero attached hydrogens (tertiary/aromatic N) is 1. The van der Waals surface area contributed by atoms with Crippen molar-refractivity contribution in [3.8, 4) is 5.75 Å². The average molecular weight is 411 g/mol. The summed E-state index contributed by atoms with van der Waals surface area (Å²) in [6, 6.07) is 5.36. The second-order valence-electron chi connectivity index (χ2n) is 6.66. The minimum Gasteiger partial charge on any atom is -0.496 e. The Bertz CT molecular complexity index is 837. The van der Waals surface area contributed by atoms with Crippen LogP contribution < -0.4 is 9.46 Å². The van der Waals surface area contributed by atoms with Crippen molar-refractivity contribution in [2.24, 2.45) is 0 Å². The van der Waals surface area contributed by atoms with Gasteiger partial charge in [-0.3, -0.25) is 4.90 Å². The van der Waals surface area contributed by atoms with Crippen LogP contribution >= 0.6 is 11.3 Å². The van der Waals surface area contributed by atoms with Gasteiger partial charge in [-0.15, -0.1) is 0 Å². The summed E-state index contributed by atoms with van der Waals surface area (Å²) in [7, 11) is -2.02. The zero-order valence-corrected chi connectivity index (χ0v) is 17.5. The van der Waals surface area contributed by atoms with Gasteiger partial charge in [0.15, 0.2) is 0 Å². The topological polar surface area (TPSA) is 67.9 Å². The lowest BCUT2D eigenvalue weighted by Gasteiger charge is -2.34. The molecular weight excluding hydrogens is 384 g/mol. The van der Waals surface area contributed by atoms with Gasteiger partial charge < -0.3 is 9.47 Å². The zero-order valence-electron chi connectivity index (χ0n) is 15.9. The van der Waals surface area contributed by atoms with Crippen molar-refractivity contribution in [2.75, 3.05) is 40.0 Å². The lowest BCUT2D eigenvalue weighted by molar-refractivity contribution is 0.0173. The Hall–Kier alpha value is -1.45. The largest absolute Gasteiger partial charge is 0.496 e. The molecule has 1 aromatic carbocycles. The first-order valence-corrected chi connectivity index (χ1v) is 11.3. The van der Waals surface area contributed by atoms with Crippen LogP contribution in [0.2, 0.25) is 0 Å². The molecule has 0 amide bonds. The first kappa shape index (κ1) is 20.3. The lowest BCUT2D eigenvalue weighted by atomic mass is 10.1. The van der Waals surface area contributed by atoms with E-state index in [0.29, 0.717) is 19.8 Å². The number of hydrogen-bond donors (Lipinski definition) is 1. The molecule has 0 bridgehead atoms. The molecule has 1 fully saturated rings. The molecule has 0 saturated carbocycles. The second-order valence-corrected chi connectivity index (χ2v) is 9.21. The van der Waals surface area contributed by atoms with Crippen LogP contribution in [0.15, 0.2) is 33.9 Å². The van der Waals surface area contributed by atoms with Crippen molar-refractivity contribution in [2.45, 2.75) is 24.8 Å². The van der Waals surface area contributed by atoms with Gasteiger partial charge in [0.1, 0.15) is 5.75 Å². The van der Waals surface area contributed by atoms with Crippen LogP contribution in [0.1, 0.15) is 22.7 Å². The maximum atomic E-state index is 12.9. The first-order chi connectivity index (χ1) is 12.9. The quantitative estimate of drug-likeness (QED) is 0.760. The molecule has 1 aliphatic rings. The monoisotopic (exact) mass is 410 g/mol. The molecule has 1 atom stereocenters. The number of thiophene rings is 1. The third-order valence-electron chi connectivity index (χ3n) is 4.83. The highest BCUT2D eigenvalue weighted by molar-refractivity contribution is 7.89. The van der Waals surface area contributed by atoms with E-state index in [4.69, 9.17) is 9.47 Å². The molecule has 3 rings (SSSR count). The standard InChI is InChI=1S/C19H26N2O4S2/c1-14-10-17(11-15(2)19(14)24-3)27(22,23)20-12-18(16-4-9-26-13-16)21-5-7-25-8-6-21/h4,9-11,13,18,20H,5-8,12H2,1-3H3/t18-/m1/s1. The highest BCUT2D eigenvalue weighted by Gasteiger charge is 2.26. The maximum Gasteiger partial charge on any atom is 0.240 e. The molecule has 0 spiro atoms. The van der Waals surface area contributed by atoms with Crippen molar-refractivity contribution in [3.05, 3.63) is 45.6 Å². The van der Waals surface area contributed by atoms with Crippen LogP contribution in [0.4, 0.5) is 0 Å². The Morgan fingerprint density at radius 1 is 1.26 bits per heavy atom. The highest BCUT2D eigenvalue weighted by Crippen LogP contribution is 2.27. The predicted octanol–water partition coefficient (Wildman–Crippen LogP) is 2.73. The van der Waals surface area contributed by atoms with Gasteiger partial charge in [0.25, 0.3) is 0 Å². The van der Waals surface area contributed by atoms with Gasteiger partial charge in [0.05, 0.1) is 25.2 Å². The van der Waals surface area contributed by atoms with Crippen molar-refractivity contribution < 1.29 is 17.9 Å². The number of sulfonamides is 1. The molecule has 148 valence electrons. The summed E-state index contributed by atoms with van der Waals surface area (Å²) < 4.78 is 39.4. The van der Waals surface area contributed by atoms with Crippen LogP contribution in [-0.4, -0.2) is 53.3 Å². The van der Waals surface area contributed by atoms with E-state index in [0.717, 1.165) is 35.5 Å². The van der Waals surface area contributed by atoms with Crippen LogP contribution in [0, 0.1) is 13.8 Å². The van der Waals surface area contributed by atoms with Crippen molar-refractivity contribution in [1.82, 2.24) is 9.62 Å². The fraction of sp³-hybridized carbons (Fsp3) is 0.474. The van der Waals surface area contributed by atoms with E-state index in [9.17, 15) is 8.42 Å². The molecule has 2 aromatic rings. The van der Waals surface area contributed by atoms with Gasteiger partial charge in [0, 0.05) is 25.7 Å². The maximum absolute atomic E-state index is 12.9. The number of ether oxygens (including phenoxy) is 2. The van der Waals surface area contributed by atoms with Gasteiger partial charge in [-0.25, -0.2) is 13.1 Å². The van der Waals surface area contributed by atoms with Crippen molar-refractivity contribution in [3.63, 3.8) is 0 Å². The molecular formula is C19H26N2O4S2. The SMILES string of the molecule is COc1c(C)cc(S(=O)(=O)NC[C@H](c2ccsc2)N2CCOCC2)cc1C. The molecule has 8 heteroatoms. The molecule has 27 heavy (non-hydrogen) atoms. The summed E-state index contributed by atoms with van der Waals surface area (Å²) in [6.45, 7) is 6.96. The summed E-state index contributed by atoms with van der Waals surface area (Å²) >= 11 is 1.62. The number of hydrogen-bond acceptors (Lipinski definition) is 6. The summed E-state index contributed by atoms with van der Waals surface area (Å²) in [4.78, 5) is 2.54. The van der Waals surface area contributed by atoms with Gasteiger partial charge in [-0.05, 0) is 59.5 Å². The first-order valence-electron chi connectivity index (χ1n) is 8.91. The Balaban J connectivity index is 1.80. The minimum atomic E-state index is -3.62. The second kappa shape index (κ2) is 8.70. The Labute approximate surface area is 165 Å². The van der Waals surface area contributed by atoms with Crippen molar-refractivity contribution >= 4 is 21.4 Å². The number of benzene rings is 1. The van der Waals surface area contributed by atoms with E-state index in [1.807, 2.05) is 19.2 Å². The summed E-state index contributed by atoms with van der Waals surface area (Å²) in [5.41, 5.74) is 2.74. The van der Waals surface area contributed by atoms with Crippen LogP contribution in [0.5, 0.6) is 5.75 Å². The smallest absolute Gasteiger partial charge is 0.240 e. The fourth-order valence-electron chi connectivity index (χ4n) is 3.47. The van der Waals surface area contributed by atoms with Gasteiger partial charge in [-0.2, -0.15) is 11.3 Å². The van der Waals surface area contributed by atoms with E-state index in [1.165, 1.54) is 0 Å². The molecule has 1 aliphatic heterocycles. The Kier molecular flexibility index (Phi) is 6.54. The number of rotatable bonds is 7. The molecule has 0 radical (unpaired) electrons. The summed E-state index contributed by atoms with van der Waals surface area (Å²) in [5, 5.41) is 4.10. The molecule has 0 unspecified atom stereocenters. The average Bonchev–Trinajstić information content (AvgIpc) is 3.17. The lowest BCUT2D eigenvalue weighted by Crippen LogP contribution is -2.43.